The normalized spacial score (nSPS) is 20.5. The number of sulfone groups is 1. The second kappa shape index (κ2) is 6.11. The monoisotopic (exact) mass is 301 g/mol. The van der Waals surface area contributed by atoms with Gasteiger partial charge in [-0.2, -0.15) is 11.8 Å². The van der Waals surface area contributed by atoms with Crippen molar-refractivity contribution in [3.05, 3.63) is 23.9 Å². The lowest BCUT2D eigenvalue weighted by Gasteiger charge is -2.36. The van der Waals surface area contributed by atoms with Gasteiger partial charge in [-0.3, -0.25) is 0 Å². The third-order valence-electron chi connectivity index (χ3n) is 3.26. The summed E-state index contributed by atoms with van der Waals surface area (Å²) < 4.78 is 24.4. The molecule has 0 bridgehead atoms. The zero-order chi connectivity index (χ0) is 13.9. The highest BCUT2D eigenvalue weighted by molar-refractivity contribution is 8.01. The molecule has 2 heterocycles. The molecule has 0 aromatic carbocycles. The van der Waals surface area contributed by atoms with Crippen molar-refractivity contribution in [3.63, 3.8) is 0 Å². The van der Waals surface area contributed by atoms with E-state index in [1.54, 1.807) is 24.9 Å². The Bertz CT molecular complexity index is 534. The molecule has 2 rings (SSSR count). The lowest BCUT2D eigenvalue weighted by molar-refractivity contribution is 0.578. The first kappa shape index (κ1) is 14.6. The van der Waals surface area contributed by atoms with Crippen molar-refractivity contribution < 1.29 is 8.42 Å². The molecule has 5 nitrogen and oxygen atoms in total. The molecule has 1 fully saturated rings. The van der Waals surface area contributed by atoms with E-state index in [2.05, 4.69) is 4.98 Å². The Balaban J connectivity index is 2.40. The minimum atomic E-state index is -3.12. The number of nitrogens with two attached hydrogens (primary N) is 1. The average Bonchev–Trinajstić information content (AvgIpc) is 2.47. The molecule has 1 aliphatic heterocycles. The molecular formula is C12H19N3O2S2. The number of nitrogens with zero attached hydrogens (tertiary/aromatic N) is 2. The van der Waals surface area contributed by atoms with Gasteiger partial charge in [0.2, 0.25) is 0 Å². The molecule has 0 spiro atoms. The Morgan fingerprint density at radius 1 is 1.58 bits per heavy atom. The molecule has 19 heavy (non-hydrogen) atoms. The largest absolute Gasteiger partial charge is 0.338 e. The summed E-state index contributed by atoms with van der Waals surface area (Å²) in [6.45, 7) is 2.75. The number of aromatic nitrogens is 1. The fraction of sp³-hybridized carbons (Fsp3) is 0.583. The summed E-state index contributed by atoms with van der Waals surface area (Å²) in [5.74, 6) is 2.37. The SMILES string of the molecule is CCS(=O)(=O)C1CSCCN1c1ncccc1CN. The van der Waals surface area contributed by atoms with Crippen LogP contribution in [0.5, 0.6) is 0 Å². The van der Waals surface area contributed by atoms with Crippen molar-refractivity contribution in [2.24, 2.45) is 5.73 Å². The van der Waals surface area contributed by atoms with E-state index in [9.17, 15) is 8.42 Å². The van der Waals surface area contributed by atoms with Crippen molar-refractivity contribution in [2.45, 2.75) is 18.8 Å². The second-order valence-corrected chi connectivity index (χ2v) is 7.96. The van der Waals surface area contributed by atoms with Crippen LogP contribution in [0.3, 0.4) is 0 Å². The fourth-order valence-corrected chi connectivity index (χ4v) is 5.13. The zero-order valence-electron chi connectivity index (χ0n) is 10.9. The maximum atomic E-state index is 12.2. The molecule has 1 saturated heterocycles. The number of thioether (sulfide) groups is 1. The van der Waals surface area contributed by atoms with Gasteiger partial charge in [0.25, 0.3) is 0 Å². The topological polar surface area (TPSA) is 76.3 Å². The number of pyridine rings is 1. The molecule has 0 radical (unpaired) electrons. The van der Waals surface area contributed by atoms with Gasteiger partial charge in [0.15, 0.2) is 9.84 Å². The maximum absolute atomic E-state index is 12.2. The highest BCUT2D eigenvalue weighted by atomic mass is 32.2. The first-order valence-electron chi connectivity index (χ1n) is 6.30. The molecule has 106 valence electrons. The van der Waals surface area contributed by atoms with Crippen LogP contribution in [0.4, 0.5) is 5.82 Å². The van der Waals surface area contributed by atoms with Crippen LogP contribution in [-0.2, 0) is 16.4 Å². The lowest BCUT2D eigenvalue weighted by atomic mass is 10.2. The molecule has 7 heteroatoms. The molecule has 1 aromatic heterocycles. The van der Waals surface area contributed by atoms with Crippen LogP contribution in [0.2, 0.25) is 0 Å². The van der Waals surface area contributed by atoms with Gasteiger partial charge in [-0.1, -0.05) is 13.0 Å². The van der Waals surface area contributed by atoms with Gasteiger partial charge in [0, 0.05) is 42.1 Å². The Morgan fingerprint density at radius 2 is 2.37 bits per heavy atom. The van der Waals surface area contributed by atoms with E-state index in [4.69, 9.17) is 5.73 Å². The highest BCUT2D eigenvalue weighted by Gasteiger charge is 2.34. The van der Waals surface area contributed by atoms with Crippen LogP contribution in [0, 0.1) is 0 Å². The standard InChI is InChI=1S/C12H19N3O2S2/c1-2-19(16,17)11-9-18-7-6-15(11)12-10(8-13)4-3-5-14-12/h3-5,11H,2,6-9,13H2,1H3. The van der Waals surface area contributed by atoms with Crippen molar-refractivity contribution in [2.75, 3.05) is 28.7 Å². The fourth-order valence-electron chi connectivity index (χ4n) is 2.16. The molecule has 2 N–H and O–H groups in total. The van der Waals surface area contributed by atoms with E-state index in [1.165, 1.54) is 0 Å². The Labute approximate surface area is 118 Å². The van der Waals surface area contributed by atoms with Gasteiger partial charge < -0.3 is 10.6 Å². The van der Waals surface area contributed by atoms with E-state index >= 15 is 0 Å². The first-order valence-corrected chi connectivity index (χ1v) is 9.17. The predicted molar refractivity (Wildman–Crippen MR) is 80.0 cm³/mol. The van der Waals surface area contributed by atoms with Crippen LogP contribution in [0.25, 0.3) is 0 Å². The van der Waals surface area contributed by atoms with Crippen molar-refractivity contribution in [3.8, 4) is 0 Å². The van der Waals surface area contributed by atoms with Gasteiger partial charge in [-0.15, -0.1) is 0 Å². The summed E-state index contributed by atoms with van der Waals surface area (Å²) in [7, 11) is -3.12. The van der Waals surface area contributed by atoms with Gasteiger partial charge in [0.1, 0.15) is 11.2 Å². The van der Waals surface area contributed by atoms with Gasteiger partial charge >= 0.3 is 0 Å². The number of hydrogen-bond donors (Lipinski definition) is 1. The van der Waals surface area contributed by atoms with E-state index < -0.39 is 15.2 Å². The second-order valence-electron chi connectivity index (χ2n) is 4.36. The molecule has 1 atom stereocenters. The zero-order valence-corrected chi connectivity index (χ0v) is 12.6. The van der Waals surface area contributed by atoms with E-state index in [1.807, 2.05) is 17.0 Å². The quantitative estimate of drug-likeness (QED) is 0.888. The molecule has 1 aliphatic rings. The van der Waals surface area contributed by atoms with Gasteiger partial charge in [-0.25, -0.2) is 13.4 Å². The molecule has 1 unspecified atom stereocenters. The maximum Gasteiger partial charge on any atom is 0.171 e. The number of hydrogen-bond acceptors (Lipinski definition) is 6. The van der Waals surface area contributed by atoms with Gasteiger partial charge in [0.05, 0.1) is 0 Å². The van der Waals surface area contributed by atoms with Crippen LogP contribution in [0.15, 0.2) is 18.3 Å². The average molecular weight is 301 g/mol. The molecule has 1 aromatic rings. The van der Waals surface area contributed by atoms with Crippen LogP contribution >= 0.6 is 11.8 Å². The molecule has 0 aliphatic carbocycles. The van der Waals surface area contributed by atoms with E-state index in [-0.39, 0.29) is 5.75 Å². The van der Waals surface area contributed by atoms with Crippen molar-refractivity contribution in [1.29, 1.82) is 0 Å². The van der Waals surface area contributed by atoms with E-state index in [0.717, 1.165) is 11.3 Å². The molecule has 0 saturated carbocycles. The minimum Gasteiger partial charge on any atom is -0.338 e. The van der Waals surface area contributed by atoms with Crippen molar-refractivity contribution >= 4 is 27.4 Å². The minimum absolute atomic E-state index is 0.152. The van der Waals surface area contributed by atoms with E-state index in [0.29, 0.717) is 24.7 Å². The van der Waals surface area contributed by atoms with Crippen LogP contribution < -0.4 is 10.6 Å². The first-order chi connectivity index (χ1) is 9.10. The third-order valence-corrected chi connectivity index (χ3v) is 6.55. The third kappa shape index (κ3) is 3.04. The van der Waals surface area contributed by atoms with Crippen LogP contribution in [-0.4, -0.2) is 42.6 Å². The summed E-state index contributed by atoms with van der Waals surface area (Å²) >= 11 is 1.68. The predicted octanol–water partition coefficient (Wildman–Crippen LogP) is 0.854. The number of anilines is 1. The Kier molecular flexibility index (Phi) is 4.70. The Hall–Kier alpha value is -0.790. The smallest absolute Gasteiger partial charge is 0.171 e. The summed E-state index contributed by atoms with van der Waals surface area (Å²) in [6, 6.07) is 3.73. The summed E-state index contributed by atoms with van der Waals surface area (Å²) in [4.78, 5) is 6.24. The molecule has 0 amide bonds. The summed E-state index contributed by atoms with van der Waals surface area (Å²) in [6.07, 6.45) is 1.69. The summed E-state index contributed by atoms with van der Waals surface area (Å²) in [5, 5.41) is -0.489. The number of rotatable bonds is 4. The highest BCUT2D eigenvalue weighted by Crippen LogP contribution is 2.28. The Morgan fingerprint density at radius 3 is 3.05 bits per heavy atom. The van der Waals surface area contributed by atoms with Gasteiger partial charge in [-0.05, 0) is 6.07 Å². The summed E-state index contributed by atoms with van der Waals surface area (Å²) in [5.41, 5.74) is 6.62. The molecular weight excluding hydrogens is 282 g/mol. The lowest BCUT2D eigenvalue weighted by Crippen LogP contribution is -2.48. The van der Waals surface area contributed by atoms with Crippen LogP contribution in [0.1, 0.15) is 12.5 Å². The van der Waals surface area contributed by atoms with Crippen molar-refractivity contribution in [1.82, 2.24) is 4.98 Å².